The van der Waals surface area contributed by atoms with Crippen molar-refractivity contribution < 1.29 is 4.57 Å². The smallest absolute Gasteiger partial charge is 0.264 e. The molecule has 3 heterocycles. The molecule has 0 aromatic heterocycles. The van der Waals surface area contributed by atoms with Crippen molar-refractivity contribution in [1.82, 2.24) is 4.67 Å². The van der Waals surface area contributed by atoms with E-state index in [9.17, 15) is 4.57 Å². The summed E-state index contributed by atoms with van der Waals surface area (Å²) in [5.74, 6) is 1.98. The number of thioether (sulfide) groups is 2. The van der Waals surface area contributed by atoms with E-state index in [4.69, 9.17) is 4.99 Å². The number of hydrogen-bond acceptors (Lipinski definition) is 4. The number of nitrogens with zero attached hydrogens (tertiary/aromatic N) is 3. The molecule has 3 aliphatic heterocycles. The highest BCUT2D eigenvalue weighted by Crippen LogP contribution is 2.67. The van der Waals surface area contributed by atoms with E-state index in [-0.39, 0.29) is 5.78 Å². The fourth-order valence-electron chi connectivity index (χ4n) is 3.95. The lowest BCUT2D eigenvalue weighted by Gasteiger charge is -2.35. The molecule has 25 heavy (non-hydrogen) atoms. The minimum atomic E-state index is -2.80. The van der Waals surface area contributed by atoms with Gasteiger partial charge in [0.1, 0.15) is 10.2 Å². The maximum absolute atomic E-state index is 14.5. The number of anilines is 1. The molecule has 3 aliphatic rings. The summed E-state index contributed by atoms with van der Waals surface area (Å²) >= 11 is 3.59. The Hall–Kier alpha value is -0.680. The van der Waals surface area contributed by atoms with Gasteiger partial charge in [-0.15, -0.1) is 6.58 Å². The fourth-order valence-corrected chi connectivity index (χ4v) is 9.96. The van der Waals surface area contributed by atoms with Crippen molar-refractivity contribution >= 4 is 41.0 Å². The Bertz CT molecular complexity index is 704. The minimum absolute atomic E-state index is 0.221. The average molecular weight is 394 g/mol. The van der Waals surface area contributed by atoms with Crippen molar-refractivity contribution in [3.8, 4) is 0 Å². The first-order chi connectivity index (χ1) is 12.2. The molecule has 3 saturated heterocycles. The first-order valence-corrected chi connectivity index (χ1v) is 12.5. The maximum atomic E-state index is 14.5. The zero-order valence-corrected chi connectivity index (χ0v) is 16.8. The second-order valence-electron chi connectivity index (χ2n) is 6.56. The molecule has 4 nitrogen and oxygen atoms in total. The number of hydrogen-bond donors (Lipinski definition) is 0. The first-order valence-electron chi connectivity index (χ1n) is 8.87. The summed E-state index contributed by atoms with van der Waals surface area (Å²) in [4.78, 5) is 4.98. The second-order valence-corrected chi connectivity index (χ2v) is 11.8. The van der Waals surface area contributed by atoms with Gasteiger partial charge in [0, 0.05) is 36.3 Å². The molecule has 0 saturated carbocycles. The van der Waals surface area contributed by atoms with Gasteiger partial charge in [-0.05, 0) is 31.4 Å². The molecule has 0 amide bonds. The molecular formula is C18H24N3OPS2. The first kappa shape index (κ1) is 17.7. The van der Waals surface area contributed by atoms with Crippen LogP contribution in [0.15, 0.2) is 48.0 Å². The van der Waals surface area contributed by atoms with Crippen LogP contribution in [0.5, 0.6) is 0 Å². The van der Waals surface area contributed by atoms with Crippen LogP contribution in [0.25, 0.3) is 0 Å². The van der Waals surface area contributed by atoms with Gasteiger partial charge in [0.25, 0.3) is 7.44 Å². The third kappa shape index (κ3) is 3.23. The van der Waals surface area contributed by atoms with Crippen molar-refractivity contribution in [2.24, 2.45) is 4.99 Å². The molecule has 134 valence electrons. The summed E-state index contributed by atoms with van der Waals surface area (Å²) in [6.07, 6.45) is 4.81. The van der Waals surface area contributed by atoms with Gasteiger partial charge in [0.2, 0.25) is 0 Å². The van der Waals surface area contributed by atoms with E-state index < -0.39 is 7.44 Å². The zero-order chi connectivity index (χ0) is 17.3. The van der Waals surface area contributed by atoms with E-state index in [0.29, 0.717) is 12.5 Å². The lowest BCUT2D eigenvalue weighted by Crippen LogP contribution is -2.27. The van der Waals surface area contributed by atoms with E-state index >= 15 is 0 Å². The largest absolute Gasteiger partial charge is 0.308 e. The third-order valence-electron chi connectivity index (χ3n) is 5.05. The van der Waals surface area contributed by atoms with Crippen LogP contribution in [0.3, 0.4) is 0 Å². The van der Waals surface area contributed by atoms with Crippen LogP contribution in [-0.2, 0) is 4.57 Å². The monoisotopic (exact) mass is 393 g/mol. The zero-order valence-electron chi connectivity index (χ0n) is 14.3. The minimum Gasteiger partial charge on any atom is -0.308 e. The van der Waals surface area contributed by atoms with E-state index in [1.165, 1.54) is 0 Å². The molecule has 0 bridgehead atoms. The Morgan fingerprint density at radius 1 is 1.32 bits per heavy atom. The topological polar surface area (TPSA) is 35.9 Å². The van der Waals surface area contributed by atoms with E-state index in [1.807, 2.05) is 24.3 Å². The van der Waals surface area contributed by atoms with Crippen molar-refractivity contribution in [2.75, 3.05) is 29.3 Å². The second kappa shape index (κ2) is 7.51. The Morgan fingerprint density at radius 2 is 2.08 bits per heavy atom. The number of para-hydroxylation sites is 1. The third-order valence-corrected chi connectivity index (χ3v) is 11.0. The molecule has 1 aromatic rings. The van der Waals surface area contributed by atoms with Crippen LogP contribution < -0.4 is 4.67 Å². The Morgan fingerprint density at radius 3 is 2.80 bits per heavy atom. The normalized spacial score (nSPS) is 30.5. The van der Waals surface area contributed by atoms with Gasteiger partial charge in [0.15, 0.2) is 0 Å². The molecule has 0 radical (unpaired) electrons. The van der Waals surface area contributed by atoms with Crippen molar-refractivity contribution in [3.63, 3.8) is 0 Å². The van der Waals surface area contributed by atoms with E-state index in [2.05, 4.69) is 28.1 Å². The quantitative estimate of drug-likeness (QED) is 0.525. The number of fused-ring (bicyclic) bond motifs is 1. The molecule has 0 spiro atoms. The number of benzene rings is 1. The Balaban J connectivity index is 1.75. The summed E-state index contributed by atoms with van der Waals surface area (Å²) in [5.41, 5.74) is 1.06. The molecule has 0 aliphatic carbocycles. The van der Waals surface area contributed by atoms with Gasteiger partial charge in [-0.1, -0.05) is 47.8 Å². The summed E-state index contributed by atoms with van der Waals surface area (Å²) in [5, 5.41) is 0. The molecule has 3 fully saturated rings. The van der Waals surface area contributed by atoms with Crippen LogP contribution >= 0.6 is 31.0 Å². The Labute approximate surface area is 158 Å². The summed E-state index contributed by atoms with van der Waals surface area (Å²) < 4.78 is 20.1. The highest BCUT2D eigenvalue weighted by atomic mass is 32.2. The van der Waals surface area contributed by atoms with Crippen LogP contribution in [0.4, 0.5) is 5.69 Å². The fraction of sp³-hybridized carbons (Fsp3) is 0.500. The number of aliphatic imine (C=N–C) groups is 1. The van der Waals surface area contributed by atoms with Crippen molar-refractivity contribution in [3.05, 3.63) is 43.0 Å². The summed E-state index contributed by atoms with van der Waals surface area (Å²) in [6, 6.07) is 10.6. The van der Waals surface area contributed by atoms with Crippen LogP contribution in [0.1, 0.15) is 19.3 Å². The molecule has 1 unspecified atom stereocenters. The van der Waals surface area contributed by atoms with Crippen molar-refractivity contribution in [1.29, 1.82) is 0 Å². The SMILES string of the molecule is C=CC[C@H](N=C1SCCS1)P1(=O)N(c2ccccc2)C[C@@H]2CCCN21. The van der Waals surface area contributed by atoms with Crippen LogP contribution in [0, 0.1) is 0 Å². The predicted octanol–water partition coefficient (Wildman–Crippen LogP) is 4.90. The number of rotatable bonds is 5. The molecule has 7 heteroatoms. The lowest BCUT2D eigenvalue weighted by molar-refractivity contribution is 0.423. The van der Waals surface area contributed by atoms with Gasteiger partial charge in [-0.25, -0.2) is 4.67 Å². The molecule has 1 aromatic carbocycles. The lowest BCUT2D eigenvalue weighted by atomic mass is 10.2. The summed E-state index contributed by atoms with van der Waals surface area (Å²) in [6.45, 7) is 5.69. The maximum Gasteiger partial charge on any atom is 0.264 e. The highest BCUT2D eigenvalue weighted by molar-refractivity contribution is 8.41. The van der Waals surface area contributed by atoms with E-state index in [1.54, 1.807) is 23.5 Å². The molecular weight excluding hydrogens is 369 g/mol. The van der Waals surface area contributed by atoms with E-state index in [0.717, 1.165) is 47.5 Å². The van der Waals surface area contributed by atoms with Crippen LogP contribution in [0.2, 0.25) is 0 Å². The highest BCUT2D eigenvalue weighted by Gasteiger charge is 2.54. The van der Waals surface area contributed by atoms with Gasteiger partial charge >= 0.3 is 0 Å². The standard InChI is InChI=1S/C18H24N3OPS2/c1-2-7-17(19-18-24-12-13-25-18)23(22)20-11-6-10-16(20)14-21(23)15-8-4-3-5-9-15/h2-5,8-9,16-17H,1,6-7,10-14H2/t16-,17+,23?/m0/s1. The van der Waals surface area contributed by atoms with Gasteiger partial charge in [-0.3, -0.25) is 9.56 Å². The molecule has 3 atom stereocenters. The van der Waals surface area contributed by atoms with Gasteiger partial charge in [0.05, 0.1) is 0 Å². The predicted molar refractivity (Wildman–Crippen MR) is 112 cm³/mol. The van der Waals surface area contributed by atoms with Gasteiger partial charge in [-0.2, -0.15) is 0 Å². The molecule has 4 rings (SSSR count). The molecule has 0 N–H and O–H groups in total. The van der Waals surface area contributed by atoms with Crippen molar-refractivity contribution in [2.45, 2.75) is 31.1 Å². The van der Waals surface area contributed by atoms with Gasteiger partial charge < -0.3 is 4.67 Å². The Kier molecular flexibility index (Phi) is 5.33. The van der Waals surface area contributed by atoms with Crippen LogP contribution in [-0.4, -0.2) is 45.5 Å². The average Bonchev–Trinajstić information content (AvgIpc) is 3.35. The summed E-state index contributed by atoms with van der Waals surface area (Å²) in [7, 11) is -2.80.